The van der Waals surface area contributed by atoms with E-state index in [1.165, 1.54) is 6.33 Å². The van der Waals surface area contributed by atoms with Gasteiger partial charge in [0.05, 0.1) is 11.5 Å². The Kier molecular flexibility index (Phi) is 3.91. The van der Waals surface area contributed by atoms with Gasteiger partial charge < -0.3 is 15.7 Å². The summed E-state index contributed by atoms with van der Waals surface area (Å²) >= 11 is 0. The van der Waals surface area contributed by atoms with Crippen LogP contribution in [0.3, 0.4) is 0 Å². The minimum Gasteiger partial charge on any atom is -0.481 e. The quantitative estimate of drug-likeness (QED) is 0.651. The van der Waals surface area contributed by atoms with Gasteiger partial charge in [-0.25, -0.2) is 9.78 Å². The van der Waals surface area contributed by atoms with Crippen molar-refractivity contribution in [2.75, 3.05) is 0 Å². The minimum atomic E-state index is -0.896. The summed E-state index contributed by atoms with van der Waals surface area (Å²) in [4.78, 5) is 27.2. The second-order valence-corrected chi connectivity index (χ2v) is 5.38. The molecule has 1 aromatic rings. The number of rotatable bonds is 4. The number of nitrogens with one attached hydrogen (secondary N) is 3. The highest BCUT2D eigenvalue weighted by molar-refractivity contribution is 5.79. The molecule has 20 heavy (non-hydrogen) atoms. The fraction of sp³-hybridized carbons (Fsp3) is 0.667. The van der Waals surface area contributed by atoms with Crippen molar-refractivity contribution in [3.8, 4) is 0 Å². The summed E-state index contributed by atoms with van der Waals surface area (Å²) in [6, 6.07) is -1.08. The predicted molar refractivity (Wildman–Crippen MR) is 69.8 cm³/mol. The Morgan fingerprint density at radius 3 is 2.95 bits per heavy atom. The first-order valence-electron chi connectivity index (χ1n) is 6.59. The fourth-order valence-electron chi connectivity index (χ4n) is 2.54. The maximum absolute atomic E-state index is 11.9. The lowest BCUT2D eigenvalue weighted by atomic mass is 9.85. The number of aliphatic carboxylic acids is 1. The van der Waals surface area contributed by atoms with E-state index in [0.29, 0.717) is 18.7 Å². The summed E-state index contributed by atoms with van der Waals surface area (Å²) < 4.78 is 0. The van der Waals surface area contributed by atoms with Crippen LogP contribution in [0.2, 0.25) is 0 Å². The van der Waals surface area contributed by atoms with Gasteiger partial charge in [-0.3, -0.25) is 9.89 Å². The van der Waals surface area contributed by atoms with E-state index in [2.05, 4.69) is 25.8 Å². The van der Waals surface area contributed by atoms with Crippen LogP contribution >= 0.6 is 0 Å². The Morgan fingerprint density at radius 2 is 2.35 bits per heavy atom. The molecule has 1 aliphatic rings. The number of carbonyl (C=O) groups is 2. The van der Waals surface area contributed by atoms with Gasteiger partial charge in [-0.1, -0.05) is 6.42 Å². The second kappa shape index (κ2) is 5.48. The number of carboxylic acid groups (broad SMARTS) is 1. The minimum absolute atomic E-state index is 0.324. The van der Waals surface area contributed by atoms with E-state index in [4.69, 9.17) is 0 Å². The zero-order valence-electron chi connectivity index (χ0n) is 11.5. The molecule has 3 unspecified atom stereocenters. The van der Waals surface area contributed by atoms with Crippen molar-refractivity contribution in [3.63, 3.8) is 0 Å². The van der Waals surface area contributed by atoms with Gasteiger partial charge in [0.2, 0.25) is 0 Å². The first kappa shape index (κ1) is 14.3. The van der Waals surface area contributed by atoms with Gasteiger partial charge in [-0.05, 0) is 26.7 Å². The molecule has 0 spiro atoms. The number of H-pyrrole nitrogens is 1. The molecular weight excluding hydrogens is 262 g/mol. The summed E-state index contributed by atoms with van der Waals surface area (Å²) in [5.74, 6) is -0.323. The summed E-state index contributed by atoms with van der Waals surface area (Å²) in [6.07, 6.45) is 3.41. The molecule has 1 aliphatic carbocycles. The van der Waals surface area contributed by atoms with Crippen LogP contribution in [0.1, 0.15) is 45.0 Å². The maximum Gasteiger partial charge on any atom is 0.315 e. The lowest BCUT2D eigenvalue weighted by Gasteiger charge is -2.28. The molecule has 1 heterocycles. The summed E-state index contributed by atoms with van der Waals surface area (Å²) in [5.41, 5.74) is -0.896. The van der Waals surface area contributed by atoms with Gasteiger partial charge in [-0.2, -0.15) is 5.10 Å². The third kappa shape index (κ3) is 2.73. The molecule has 4 N–H and O–H groups in total. The van der Waals surface area contributed by atoms with Crippen molar-refractivity contribution in [1.29, 1.82) is 0 Å². The third-order valence-electron chi connectivity index (χ3n) is 3.94. The van der Waals surface area contributed by atoms with Gasteiger partial charge in [0.1, 0.15) is 12.2 Å². The summed E-state index contributed by atoms with van der Waals surface area (Å²) in [5, 5.41) is 21.1. The highest BCUT2D eigenvalue weighted by atomic mass is 16.4. The van der Waals surface area contributed by atoms with Crippen LogP contribution in [-0.4, -0.2) is 38.3 Å². The maximum atomic E-state index is 11.9. The van der Waals surface area contributed by atoms with Crippen LogP contribution in [0.4, 0.5) is 4.79 Å². The monoisotopic (exact) mass is 281 g/mol. The molecule has 1 saturated carbocycles. The highest BCUT2D eigenvalue weighted by Crippen LogP contribution is 2.38. The molecule has 0 saturated heterocycles. The van der Waals surface area contributed by atoms with E-state index < -0.39 is 17.4 Å². The molecule has 2 amide bonds. The topological polar surface area (TPSA) is 120 Å². The third-order valence-corrected chi connectivity index (χ3v) is 3.94. The first-order chi connectivity index (χ1) is 9.43. The smallest absolute Gasteiger partial charge is 0.315 e. The Morgan fingerprint density at radius 1 is 1.60 bits per heavy atom. The van der Waals surface area contributed by atoms with Gasteiger partial charge in [-0.15, -0.1) is 0 Å². The molecule has 0 radical (unpaired) electrons. The molecular formula is C12H19N5O3. The van der Waals surface area contributed by atoms with Crippen molar-refractivity contribution >= 4 is 12.0 Å². The Hall–Kier alpha value is -2.12. The van der Waals surface area contributed by atoms with Gasteiger partial charge >= 0.3 is 12.0 Å². The number of amides is 2. The van der Waals surface area contributed by atoms with Crippen LogP contribution in [0.25, 0.3) is 0 Å². The number of hydrogen-bond donors (Lipinski definition) is 4. The lowest BCUT2D eigenvalue weighted by Crippen LogP contribution is -2.50. The molecule has 3 atom stereocenters. The average molecular weight is 281 g/mol. The zero-order valence-corrected chi connectivity index (χ0v) is 11.5. The Labute approximate surface area is 116 Å². The Balaban J connectivity index is 1.93. The largest absolute Gasteiger partial charge is 0.481 e. The van der Waals surface area contributed by atoms with Crippen LogP contribution < -0.4 is 10.6 Å². The normalized spacial score (nSPS) is 27.0. The standard InChI is InChI=1S/C12H19N5O3/c1-7(9-13-6-14-17-9)15-11(20)16-8-4-3-5-12(8,2)10(18)19/h6-8H,3-5H2,1-2H3,(H,18,19)(H,13,14,17)(H2,15,16,20). The van der Waals surface area contributed by atoms with Gasteiger partial charge in [0, 0.05) is 6.04 Å². The average Bonchev–Trinajstić information content (AvgIpc) is 3.00. The van der Waals surface area contributed by atoms with Crippen molar-refractivity contribution in [2.24, 2.45) is 5.41 Å². The van der Waals surface area contributed by atoms with Crippen LogP contribution in [0, 0.1) is 5.41 Å². The molecule has 2 rings (SSSR count). The van der Waals surface area contributed by atoms with Crippen molar-refractivity contribution in [3.05, 3.63) is 12.2 Å². The molecule has 1 fully saturated rings. The number of aromatic amines is 1. The predicted octanol–water partition coefficient (Wildman–Crippen LogP) is 0.808. The van der Waals surface area contributed by atoms with Crippen molar-refractivity contribution in [2.45, 2.75) is 45.2 Å². The number of carboxylic acids is 1. The van der Waals surface area contributed by atoms with Crippen LogP contribution in [-0.2, 0) is 4.79 Å². The lowest BCUT2D eigenvalue weighted by molar-refractivity contribution is -0.148. The molecule has 0 bridgehead atoms. The first-order valence-corrected chi connectivity index (χ1v) is 6.59. The molecule has 1 aromatic heterocycles. The van der Waals surface area contributed by atoms with Crippen molar-refractivity contribution < 1.29 is 14.7 Å². The summed E-state index contributed by atoms with van der Waals surface area (Å²) in [6.45, 7) is 3.44. The zero-order chi connectivity index (χ0) is 14.8. The summed E-state index contributed by atoms with van der Waals surface area (Å²) in [7, 11) is 0. The van der Waals surface area contributed by atoms with E-state index in [9.17, 15) is 14.7 Å². The molecule has 0 aliphatic heterocycles. The van der Waals surface area contributed by atoms with Crippen LogP contribution in [0.15, 0.2) is 6.33 Å². The second-order valence-electron chi connectivity index (χ2n) is 5.38. The highest BCUT2D eigenvalue weighted by Gasteiger charge is 2.45. The molecule has 8 nitrogen and oxygen atoms in total. The van der Waals surface area contributed by atoms with Crippen LogP contribution in [0.5, 0.6) is 0 Å². The van der Waals surface area contributed by atoms with E-state index >= 15 is 0 Å². The van der Waals surface area contributed by atoms with Gasteiger partial charge in [0.15, 0.2) is 0 Å². The Bertz CT molecular complexity index is 489. The number of urea groups is 1. The molecule has 0 aromatic carbocycles. The van der Waals surface area contributed by atoms with E-state index in [1.807, 2.05) is 0 Å². The molecule has 8 heteroatoms. The van der Waals surface area contributed by atoms with Crippen molar-refractivity contribution in [1.82, 2.24) is 25.8 Å². The number of carbonyl (C=O) groups excluding carboxylic acids is 1. The van der Waals surface area contributed by atoms with E-state index in [-0.39, 0.29) is 12.1 Å². The number of aromatic nitrogens is 3. The fourth-order valence-corrected chi connectivity index (χ4v) is 2.54. The molecule has 110 valence electrons. The number of hydrogen-bond acceptors (Lipinski definition) is 4. The van der Waals surface area contributed by atoms with E-state index in [1.54, 1.807) is 13.8 Å². The SMILES string of the molecule is CC(NC(=O)NC1CCCC1(C)C(=O)O)c1ncn[nH]1. The number of nitrogens with zero attached hydrogens (tertiary/aromatic N) is 2. The van der Waals surface area contributed by atoms with Gasteiger partial charge in [0.25, 0.3) is 0 Å². The van der Waals surface area contributed by atoms with E-state index in [0.717, 1.165) is 6.42 Å².